The molecular weight excluding hydrogens is 238 g/mol. The summed E-state index contributed by atoms with van der Waals surface area (Å²) < 4.78 is 5.63. The quantitative estimate of drug-likeness (QED) is 0.877. The number of rotatable bonds is 3. The van der Waals surface area contributed by atoms with E-state index in [4.69, 9.17) is 9.84 Å². The number of hydrogen-bond donors (Lipinski definition) is 1. The third-order valence-corrected chi connectivity index (χ3v) is 2.00. The summed E-state index contributed by atoms with van der Waals surface area (Å²) in [4.78, 5) is 14.3. The number of carboxylic acid groups (broad SMARTS) is 1. The number of methoxy groups -OCH3 is 1. The molecule has 0 aromatic carbocycles. The highest BCUT2D eigenvalue weighted by molar-refractivity contribution is 9.10. The lowest BCUT2D eigenvalue weighted by atomic mass is 10.3. The Hall–Kier alpha value is -1.10. The first-order chi connectivity index (χ1) is 6.13. The summed E-state index contributed by atoms with van der Waals surface area (Å²) in [7, 11) is 1.48. The summed E-state index contributed by atoms with van der Waals surface area (Å²) in [6.45, 7) is 0. The van der Waals surface area contributed by atoms with Gasteiger partial charge in [-0.25, -0.2) is 4.98 Å². The van der Waals surface area contributed by atoms with E-state index in [9.17, 15) is 4.79 Å². The van der Waals surface area contributed by atoms with Crippen molar-refractivity contribution in [1.29, 1.82) is 0 Å². The van der Waals surface area contributed by atoms with E-state index in [0.717, 1.165) is 0 Å². The summed E-state index contributed by atoms with van der Waals surface area (Å²) in [5.41, 5.74) is 0.479. The molecule has 0 unspecified atom stereocenters. The first kappa shape index (κ1) is 9.98. The van der Waals surface area contributed by atoms with Crippen LogP contribution in [0, 0.1) is 0 Å². The second kappa shape index (κ2) is 4.23. The van der Waals surface area contributed by atoms with Crippen LogP contribution in [-0.2, 0) is 11.2 Å². The summed E-state index contributed by atoms with van der Waals surface area (Å²) >= 11 is 3.22. The highest BCUT2D eigenvalue weighted by atomic mass is 79.9. The van der Waals surface area contributed by atoms with Crippen LogP contribution in [0.25, 0.3) is 0 Å². The molecule has 1 aromatic rings. The van der Waals surface area contributed by atoms with Crippen LogP contribution in [0.4, 0.5) is 0 Å². The Balaban J connectivity index is 2.92. The van der Waals surface area contributed by atoms with Crippen LogP contribution in [0.3, 0.4) is 0 Å². The lowest BCUT2D eigenvalue weighted by Crippen LogP contribution is -2.03. The van der Waals surface area contributed by atoms with Gasteiger partial charge in [0.25, 0.3) is 0 Å². The minimum absolute atomic E-state index is 0.0936. The molecule has 0 saturated carbocycles. The molecule has 0 saturated heterocycles. The minimum atomic E-state index is -0.906. The minimum Gasteiger partial charge on any atom is -0.481 e. The van der Waals surface area contributed by atoms with Crippen molar-refractivity contribution < 1.29 is 14.6 Å². The highest BCUT2D eigenvalue weighted by Gasteiger charge is 2.06. The average molecular weight is 246 g/mol. The number of carboxylic acids is 1. The third kappa shape index (κ3) is 2.69. The van der Waals surface area contributed by atoms with Gasteiger partial charge in [-0.05, 0) is 28.1 Å². The SMILES string of the molecule is COc1nc(CC(=O)O)ccc1Br. The number of ether oxygens (including phenoxy) is 1. The molecule has 0 amide bonds. The highest BCUT2D eigenvalue weighted by Crippen LogP contribution is 2.21. The van der Waals surface area contributed by atoms with Gasteiger partial charge in [-0.15, -0.1) is 0 Å². The van der Waals surface area contributed by atoms with Gasteiger partial charge in [-0.1, -0.05) is 0 Å². The van der Waals surface area contributed by atoms with Gasteiger partial charge in [0, 0.05) is 0 Å². The second-order valence-electron chi connectivity index (χ2n) is 2.36. The van der Waals surface area contributed by atoms with Crippen molar-refractivity contribution >= 4 is 21.9 Å². The molecule has 0 atom stereocenters. The van der Waals surface area contributed by atoms with Crippen LogP contribution in [0.2, 0.25) is 0 Å². The Morgan fingerprint density at radius 3 is 2.92 bits per heavy atom. The molecule has 1 N–H and O–H groups in total. The number of aliphatic carboxylic acids is 1. The van der Waals surface area contributed by atoms with Gasteiger partial charge in [0.05, 0.1) is 23.7 Å². The van der Waals surface area contributed by atoms with Gasteiger partial charge in [-0.3, -0.25) is 4.79 Å². The summed E-state index contributed by atoms with van der Waals surface area (Å²) in [5, 5.41) is 8.51. The molecule has 0 aliphatic heterocycles. The number of pyridine rings is 1. The van der Waals surface area contributed by atoms with Gasteiger partial charge in [0.2, 0.25) is 5.88 Å². The van der Waals surface area contributed by atoms with E-state index < -0.39 is 5.97 Å². The van der Waals surface area contributed by atoms with E-state index in [0.29, 0.717) is 16.0 Å². The third-order valence-electron chi connectivity index (χ3n) is 1.40. The predicted molar refractivity (Wildman–Crippen MR) is 49.8 cm³/mol. The Morgan fingerprint density at radius 2 is 2.38 bits per heavy atom. The normalized spacial score (nSPS) is 9.69. The maximum atomic E-state index is 10.4. The van der Waals surface area contributed by atoms with Crippen molar-refractivity contribution in [3.63, 3.8) is 0 Å². The zero-order chi connectivity index (χ0) is 9.84. The van der Waals surface area contributed by atoms with Gasteiger partial charge in [0.1, 0.15) is 0 Å². The van der Waals surface area contributed by atoms with Crippen LogP contribution < -0.4 is 4.74 Å². The maximum absolute atomic E-state index is 10.4. The predicted octanol–water partition coefficient (Wildman–Crippen LogP) is 1.48. The van der Waals surface area contributed by atoms with Crippen molar-refractivity contribution in [3.05, 3.63) is 22.3 Å². The van der Waals surface area contributed by atoms with E-state index in [1.807, 2.05) is 0 Å². The maximum Gasteiger partial charge on any atom is 0.309 e. The monoisotopic (exact) mass is 245 g/mol. The summed E-state index contributed by atoms with van der Waals surface area (Å²) in [5.74, 6) is -0.504. The average Bonchev–Trinajstić information content (AvgIpc) is 2.07. The smallest absolute Gasteiger partial charge is 0.309 e. The fourth-order valence-electron chi connectivity index (χ4n) is 0.858. The fraction of sp³-hybridized carbons (Fsp3) is 0.250. The molecular formula is C8H8BrNO3. The zero-order valence-electron chi connectivity index (χ0n) is 6.95. The van der Waals surface area contributed by atoms with Crippen LogP contribution in [0.15, 0.2) is 16.6 Å². The lowest BCUT2D eigenvalue weighted by Gasteiger charge is -2.03. The molecule has 0 spiro atoms. The topological polar surface area (TPSA) is 59.4 Å². The lowest BCUT2D eigenvalue weighted by molar-refractivity contribution is -0.136. The first-order valence-electron chi connectivity index (χ1n) is 3.54. The van der Waals surface area contributed by atoms with Gasteiger partial charge >= 0.3 is 5.97 Å². The Bertz CT molecular complexity index is 327. The molecule has 13 heavy (non-hydrogen) atoms. The van der Waals surface area contributed by atoms with Crippen molar-refractivity contribution in [2.45, 2.75) is 6.42 Å². The molecule has 0 aliphatic rings. The largest absolute Gasteiger partial charge is 0.481 e. The van der Waals surface area contributed by atoms with Crippen LogP contribution >= 0.6 is 15.9 Å². The van der Waals surface area contributed by atoms with Crippen molar-refractivity contribution in [3.8, 4) is 5.88 Å². The molecule has 1 heterocycles. The van der Waals surface area contributed by atoms with Crippen LogP contribution in [-0.4, -0.2) is 23.2 Å². The molecule has 1 aromatic heterocycles. The van der Waals surface area contributed by atoms with E-state index in [1.165, 1.54) is 7.11 Å². The standard InChI is InChI=1S/C8H8BrNO3/c1-13-8-6(9)3-2-5(10-8)4-7(11)12/h2-3H,4H2,1H3,(H,11,12). The molecule has 1 rings (SSSR count). The van der Waals surface area contributed by atoms with Gasteiger partial charge in [0.15, 0.2) is 0 Å². The number of hydrogen-bond acceptors (Lipinski definition) is 3. The van der Waals surface area contributed by atoms with E-state index in [2.05, 4.69) is 20.9 Å². The second-order valence-corrected chi connectivity index (χ2v) is 3.22. The molecule has 0 fully saturated rings. The van der Waals surface area contributed by atoms with Crippen LogP contribution in [0.1, 0.15) is 5.69 Å². The van der Waals surface area contributed by atoms with Crippen molar-refractivity contribution in [1.82, 2.24) is 4.98 Å². The number of aromatic nitrogens is 1. The molecule has 4 nitrogen and oxygen atoms in total. The van der Waals surface area contributed by atoms with E-state index in [-0.39, 0.29) is 6.42 Å². The number of carbonyl (C=O) groups is 1. The molecule has 0 bridgehead atoms. The van der Waals surface area contributed by atoms with Gasteiger partial charge in [-0.2, -0.15) is 0 Å². The van der Waals surface area contributed by atoms with E-state index in [1.54, 1.807) is 12.1 Å². The molecule has 0 aliphatic carbocycles. The molecule has 70 valence electrons. The Labute approximate surface area is 83.7 Å². The number of nitrogens with zero attached hydrogens (tertiary/aromatic N) is 1. The first-order valence-corrected chi connectivity index (χ1v) is 4.34. The van der Waals surface area contributed by atoms with Crippen LogP contribution in [0.5, 0.6) is 5.88 Å². The molecule has 0 radical (unpaired) electrons. The van der Waals surface area contributed by atoms with Crippen molar-refractivity contribution in [2.24, 2.45) is 0 Å². The summed E-state index contributed by atoms with van der Waals surface area (Å²) in [6, 6.07) is 3.35. The molecule has 5 heteroatoms. The fourth-order valence-corrected chi connectivity index (χ4v) is 1.24. The van der Waals surface area contributed by atoms with E-state index >= 15 is 0 Å². The number of halogens is 1. The summed E-state index contributed by atoms with van der Waals surface area (Å²) in [6.07, 6.45) is -0.0936. The van der Waals surface area contributed by atoms with Crippen molar-refractivity contribution in [2.75, 3.05) is 7.11 Å². The Morgan fingerprint density at radius 1 is 1.69 bits per heavy atom. The zero-order valence-corrected chi connectivity index (χ0v) is 8.54. The van der Waals surface area contributed by atoms with Gasteiger partial charge < -0.3 is 9.84 Å². The Kier molecular flexibility index (Phi) is 3.25.